The van der Waals surface area contributed by atoms with Gasteiger partial charge in [0.25, 0.3) is 0 Å². The fourth-order valence-corrected chi connectivity index (χ4v) is 5.79. The van der Waals surface area contributed by atoms with E-state index in [1.807, 2.05) is 11.8 Å². The molecule has 3 rings (SSSR count). The van der Waals surface area contributed by atoms with Crippen LogP contribution in [0, 0.1) is 5.41 Å². The van der Waals surface area contributed by atoms with Gasteiger partial charge in [-0.25, -0.2) is 4.99 Å². The van der Waals surface area contributed by atoms with Crippen molar-refractivity contribution in [3.8, 4) is 0 Å². The van der Waals surface area contributed by atoms with Gasteiger partial charge in [-0.1, -0.05) is 127 Å². The summed E-state index contributed by atoms with van der Waals surface area (Å²) in [7, 11) is 0. The van der Waals surface area contributed by atoms with Crippen LogP contribution in [-0.4, -0.2) is 5.71 Å². The Kier molecular flexibility index (Phi) is 9.78. The first-order valence-electron chi connectivity index (χ1n) is 12.5. The summed E-state index contributed by atoms with van der Waals surface area (Å²) in [5.74, 6) is 0. The average Bonchev–Trinajstić information content (AvgIpc) is 2.77. The second kappa shape index (κ2) is 12.5. The monoisotopic (exact) mass is 423 g/mol. The van der Waals surface area contributed by atoms with Gasteiger partial charge in [0.05, 0.1) is 11.4 Å². The van der Waals surface area contributed by atoms with E-state index in [0.29, 0.717) is 0 Å². The number of hydrogen-bond donors (Lipinski definition) is 0. The molecule has 1 aromatic rings. The zero-order valence-corrected chi connectivity index (χ0v) is 20.1. The smallest absolute Gasteiger partial charge is 0.0776 e. The number of unbranched alkanes of at least 4 members (excludes halogenated alkanes) is 10. The second-order valence-corrected chi connectivity index (χ2v) is 10.3. The van der Waals surface area contributed by atoms with E-state index >= 15 is 0 Å². The molecule has 0 radical (unpaired) electrons. The van der Waals surface area contributed by atoms with Gasteiger partial charge in [-0.05, 0) is 31.1 Å². The fourth-order valence-electron chi connectivity index (χ4n) is 4.67. The predicted octanol–water partition coefficient (Wildman–Crippen LogP) is 9.81. The van der Waals surface area contributed by atoms with Crippen LogP contribution in [0.2, 0.25) is 0 Å². The molecule has 2 aliphatic rings. The van der Waals surface area contributed by atoms with Crippen LogP contribution in [0.3, 0.4) is 0 Å². The first-order chi connectivity index (χ1) is 14.8. The predicted molar refractivity (Wildman–Crippen MR) is 135 cm³/mol. The highest BCUT2D eigenvalue weighted by Gasteiger charge is 2.30. The van der Waals surface area contributed by atoms with Crippen molar-refractivity contribution in [1.82, 2.24) is 0 Å². The molecule has 0 atom stereocenters. The van der Waals surface area contributed by atoms with Crippen molar-refractivity contribution in [2.24, 2.45) is 10.4 Å². The molecule has 0 saturated carbocycles. The number of hydrogen-bond acceptors (Lipinski definition) is 2. The van der Waals surface area contributed by atoms with E-state index in [0.717, 1.165) is 5.69 Å². The third-order valence-corrected chi connectivity index (χ3v) is 7.67. The lowest BCUT2D eigenvalue weighted by molar-refractivity contribution is 0.370. The van der Waals surface area contributed by atoms with Crippen molar-refractivity contribution < 1.29 is 0 Å². The van der Waals surface area contributed by atoms with Crippen molar-refractivity contribution in [2.45, 2.75) is 109 Å². The normalized spacial score (nSPS) is 16.6. The van der Waals surface area contributed by atoms with Gasteiger partial charge in [0.1, 0.15) is 0 Å². The Hall–Kier alpha value is -1.28. The van der Waals surface area contributed by atoms with E-state index in [1.54, 1.807) is 0 Å². The number of nitrogens with zero attached hydrogens (tertiary/aromatic N) is 1. The van der Waals surface area contributed by atoms with Crippen LogP contribution >= 0.6 is 11.8 Å². The first kappa shape index (κ1) is 23.4. The average molecular weight is 424 g/mol. The Morgan fingerprint density at radius 2 is 1.37 bits per heavy atom. The lowest BCUT2D eigenvalue weighted by atomic mass is 9.75. The minimum Gasteiger partial charge on any atom is -0.247 e. The molecule has 164 valence electrons. The summed E-state index contributed by atoms with van der Waals surface area (Å²) in [5.41, 5.74) is 2.53. The summed E-state index contributed by atoms with van der Waals surface area (Å²) in [6.45, 7) is 4.60. The number of thioether (sulfide) groups is 1. The van der Waals surface area contributed by atoms with Gasteiger partial charge in [-0.15, -0.1) is 0 Å². The van der Waals surface area contributed by atoms with Crippen LogP contribution in [0.15, 0.2) is 57.3 Å². The minimum absolute atomic E-state index is 0.239. The SMILES string of the molecule is CCCCCCCCC1(CCCCCCCC)C=CC2=Nc3ccccc3SC2=C1. The van der Waals surface area contributed by atoms with Gasteiger partial charge in [-0.3, -0.25) is 0 Å². The fraction of sp³-hybridized carbons (Fsp3) is 0.607. The van der Waals surface area contributed by atoms with Crippen molar-refractivity contribution in [3.05, 3.63) is 47.4 Å². The third kappa shape index (κ3) is 6.87. The summed E-state index contributed by atoms with van der Waals surface area (Å²) in [5, 5.41) is 0. The molecule has 30 heavy (non-hydrogen) atoms. The van der Waals surface area contributed by atoms with Crippen LogP contribution in [0.1, 0.15) is 104 Å². The number of allylic oxidation sites excluding steroid dienone is 4. The standard InChI is InChI=1S/C28H41NS/c1-3-5-7-9-11-15-20-28(21-16-12-10-8-6-4-2)22-19-25-27(23-28)30-26-18-14-13-17-24(26)29-25/h13-14,17-19,22-23H,3-12,15-16,20-21H2,1-2H3. The van der Waals surface area contributed by atoms with Crippen LogP contribution in [0.25, 0.3) is 0 Å². The molecular formula is C28H41NS. The van der Waals surface area contributed by atoms with Gasteiger partial charge < -0.3 is 0 Å². The number of para-hydroxylation sites is 1. The zero-order valence-electron chi connectivity index (χ0n) is 19.3. The van der Waals surface area contributed by atoms with Gasteiger partial charge in [0.15, 0.2) is 0 Å². The van der Waals surface area contributed by atoms with Crippen molar-refractivity contribution >= 4 is 23.2 Å². The maximum Gasteiger partial charge on any atom is 0.0776 e. The second-order valence-electron chi connectivity index (χ2n) is 9.18. The molecule has 1 nitrogen and oxygen atoms in total. The molecular weight excluding hydrogens is 382 g/mol. The molecule has 1 aromatic carbocycles. The summed E-state index contributed by atoms with van der Waals surface area (Å²) >= 11 is 1.92. The largest absolute Gasteiger partial charge is 0.247 e. The van der Waals surface area contributed by atoms with Crippen LogP contribution in [-0.2, 0) is 0 Å². The number of aliphatic imine (C=N–C) groups is 1. The molecule has 0 spiro atoms. The number of rotatable bonds is 14. The van der Waals surface area contributed by atoms with E-state index in [9.17, 15) is 0 Å². The molecule has 1 heterocycles. The van der Waals surface area contributed by atoms with Crippen molar-refractivity contribution in [1.29, 1.82) is 0 Å². The Balaban J connectivity index is 1.63. The van der Waals surface area contributed by atoms with Crippen LogP contribution in [0.4, 0.5) is 5.69 Å². The molecule has 0 amide bonds. The molecule has 0 bridgehead atoms. The highest BCUT2D eigenvalue weighted by Crippen LogP contribution is 2.47. The summed E-state index contributed by atoms with van der Waals surface area (Å²) in [6, 6.07) is 8.56. The quantitative estimate of drug-likeness (QED) is 0.271. The van der Waals surface area contributed by atoms with Crippen LogP contribution < -0.4 is 0 Å². The van der Waals surface area contributed by atoms with Gasteiger partial charge in [0, 0.05) is 15.2 Å². The molecule has 1 aliphatic carbocycles. The lowest BCUT2D eigenvalue weighted by Gasteiger charge is -2.33. The Morgan fingerprint density at radius 1 is 0.767 bits per heavy atom. The first-order valence-corrected chi connectivity index (χ1v) is 13.4. The molecule has 1 aliphatic heterocycles. The zero-order chi connectivity index (χ0) is 21.1. The van der Waals surface area contributed by atoms with Gasteiger partial charge in [0.2, 0.25) is 0 Å². The number of benzene rings is 1. The van der Waals surface area contributed by atoms with E-state index in [4.69, 9.17) is 4.99 Å². The summed E-state index contributed by atoms with van der Waals surface area (Å²) in [4.78, 5) is 7.62. The maximum atomic E-state index is 4.93. The highest BCUT2D eigenvalue weighted by molar-refractivity contribution is 8.04. The van der Waals surface area contributed by atoms with Crippen LogP contribution in [0.5, 0.6) is 0 Å². The molecule has 0 saturated heterocycles. The Labute approximate surface area is 189 Å². The third-order valence-electron chi connectivity index (χ3n) is 6.56. The lowest BCUT2D eigenvalue weighted by Crippen LogP contribution is -2.21. The maximum absolute atomic E-state index is 4.93. The van der Waals surface area contributed by atoms with Gasteiger partial charge in [-0.2, -0.15) is 0 Å². The van der Waals surface area contributed by atoms with E-state index in [2.05, 4.69) is 56.3 Å². The topological polar surface area (TPSA) is 12.4 Å². The molecule has 0 fully saturated rings. The van der Waals surface area contributed by atoms with Crippen molar-refractivity contribution in [3.63, 3.8) is 0 Å². The van der Waals surface area contributed by atoms with E-state index in [-0.39, 0.29) is 5.41 Å². The highest BCUT2D eigenvalue weighted by atomic mass is 32.2. The number of fused-ring (bicyclic) bond motifs is 2. The Morgan fingerprint density at radius 3 is 2.03 bits per heavy atom. The molecule has 0 aromatic heterocycles. The summed E-state index contributed by atoms with van der Waals surface area (Å²) < 4.78 is 0. The van der Waals surface area contributed by atoms with Gasteiger partial charge >= 0.3 is 0 Å². The minimum atomic E-state index is 0.239. The Bertz CT molecular complexity index is 727. The summed E-state index contributed by atoms with van der Waals surface area (Å²) in [6.07, 6.45) is 26.5. The molecule has 0 unspecified atom stereocenters. The molecule has 0 N–H and O–H groups in total. The van der Waals surface area contributed by atoms with Crippen molar-refractivity contribution in [2.75, 3.05) is 0 Å². The van der Waals surface area contributed by atoms with E-state index in [1.165, 1.54) is 105 Å². The van der Waals surface area contributed by atoms with E-state index < -0.39 is 0 Å². The molecule has 2 heteroatoms.